The molecule has 1 aromatic heterocycles. The molecule has 3 N–H and O–H groups in total. The van der Waals surface area contributed by atoms with Crippen molar-refractivity contribution in [1.29, 1.82) is 0 Å². The van der Waals surface area contributed by atoms with Crippen LogP contribution in [0.15, 0.2) is 28.7 Å². The Morgan fingerprint density at radius 1 is 1.32 bits per heavy atom. The number of rotatable bonds is 4. The number of nitrogens with zero attached hydrogens (tertiary/aromatic N) is 2. The maximum atomic E-state index is 13.1. The van der Waals surface area contributed by atoms with Crippen LogP contribution in [-0.4, -0.2) is 35.2 Å². The Hall–Kier alpha value is -2.48. The Bertz CT molecular complexity index is 654. The summed E-state index contributed by atoms with van der Waals surface area (Å²) >= 11 is 0. The van der Waals surface area contributed by atoms with Crippen molar-refractivity contribution < 1.29 is 13.6 Å². The Morgan fingerprint density at radius 2 is 2.14 bits per heavy atom. The maximum Gasteiger partial charge on any atom is 0.320 e. The number of piperidine rings is 1. The molecule has 2 aromatic rings. The lowest BCUT2D eigenvalue weighted by atomic mass is 10.1. The molecule has 1 aromatic carbocycles. The van der Waals surface area contributed by atoms with E-state index in [-0.39, 0.29) is 23.8 Å². The highest BCUT2D eigenvalue weighted by molar-refractivity contribution is 5.89. The molecule has 0 bridgehead atoms. The van der Waals surface area contributed by atoms with Crippen molar-refractivity contribution in [3.8, 4) is 0 Å². The summed E-state index contributed by atoms with van der Waals surface area (Å²) in [5, 5.41) is 16.3. The Kier molecular flexibility index (Phi) is 4.29. The second-order valence-corrected chi connectivity index (χ2v) is 5.05. The second-order valence-electron chi connectivity index (χ2n) is 5.05. The third-order valence-electron chi connectivity index (χ3n) is 3.37. The lowest BCUT2D eigenvalue weighted by Gasteiger charge is -2.22. The molecule has 0 aliphatic carbocycles. The van der Waals surface area contributed by atoms with E-state index in [4.69, 9.17) is 4.42 Å². The van der Waals surface area contributed by atoms with Crippen LogP contribution in [0.2, 0.25) is 0 Å². The number of carbonyl (C=O) groups is 1. The lowest BCUT2D eigenvalue weighted by Crippen LogP contribution is -2.42. The average Bonchev–Trinajstić information content (AvgIpc) is 2.97. The number of anilines is 2. The summed E-state index contributed by atoms with van der Waals surface area (Å²) in [7, 11) is 0. The molecular formula is C14H16FN5O2. The van der Waals surface area contributed by atoms with Crippen molar-refractivity contribution in [2.45, 2.75) is 18.9 Å². The summed E-state index contributed by atoms with van der Waals surface area (Å²) in [6.07, 6.45) is 1.74. The second kappa shape index (κ2) is 6.52. The molecule has 0 radical (unpaired) electrons. The van der Waals surface area contributed by atoms with Crippen LogP contribution in [0, 0.1) is 5.82 Å². The molecule has 2 heterocycles. The van der Waals surface area contributed by atoms with Gasteiger partial charge in [0, 0.05) is 11.7 Å². The fraction of sp³-hybridized carbons (Fsp3) is 0.357. The number of amides is 1. The van der Waals surface area contributed by atoms with E-state index in [2.05, 4.69) is 26.1 Å². The van der Waals surface area contributed by atoms with E-state index in [0.29, 0.717) is 5.69 Å². The quantitative estimate of drug-likeness (QED) is 0.791. The average molecular weight is 305 g/mol. The first kappa shape index (κ1) is 14.5. The molecule has 0 saturated carbocycles. The zero-order valence-corrected chi connectivity index (χ0v) is 11.8. The highest BCUT2D eigenvalue weighted by Gasteiger charge is 2.20. The van der Waals surface area contributed by atoms with E-state index in [1.807, 2.05) is 0 Å². The predicted molar refractivity (Wildman–Crippen MR) is 77.3 cm³/mol. The van der Waals surface area contributed by atoms with Crippen molar-refractivity contribution >= 4 is 17.6 Å². The summed E-state index contributed by atoms with van der Waals surface area (Å²) in [4.78, 5) is 12.0. The molecule has 1 saturated heterocycles. The van der Waals surface area contributed by atoms with E-state index in [1.165, 1.54) is 12.1 Å². The normalized spacial score (nSPS) is 15.5. The van der Waals surface area contributed by atoms with Gasteiger partial charge in [0.1, 0.15) is 5.82 Å². The Balaban J connectivity index is 1.61. The zero-order valence-electron chi connectivity index (χ0n) is 11.8. The van der Waals surface area contributed by atoms with Crippen molar-refractivity contribution in [3.05, 3.63) is 36.0 Å². The van der Waals surface area contributed by atoms with Crippen LogP contribution in [0.5, 0.6) is 0 Å². The van der Waals surface area contributed by atoms with Crippen LogP contribution in [0.1, 0.15) is 23.5 Å². The van der Waals surface area contributed by atoms with Crippen LogP contribution in [0.25, 0.3) is 0 Å². The number of benzene rings is 1. The van der Waals surface area contributed by atoms with Gasteiger partial charge in [-0.2, -0.15) is 0 Å². The van der Waals surface area contributed by atoms with E-state index in [0.717, 1.165) is 25.9 Å². The van der Waals surface area contributed by atoms with Crippen LogP contribution >= 0.6 is 0 Å². The number of hydrogen-bond acceptors (Lipinski definition) is 6. The first-order chi connectivity index (χ1) is 10.7. The monoisotopic (exact) mass is 305 g/mol. The number of halogens is 1. The number of nitrogens with one attached hydrogen (secondary N) is 3. The molecule has 1 amide bonds. The van der Waals surface area contributed by atoms with Gasteiger partial charge in [-0.3, -0.25) is 4.79 Å². The zero-order chi connectivity index (χ0) is 15.4. The molecular weight excluding hydrogens is 289 g/mol. The van der Waals surface area contributed by atoms with Crippen LogP contribution < -0.4 is 16.0 Å². The summed E-state index contributed by atoms with van der Waals surface area (Å²) in [5.74, 6) is -0.891. The number of hydrogen-bond donors (Lipinski definition) is 3. The number of aromatic nitrogens is 2. The van der Waals surface area contributed by atoms with E-state index >= 15 is 0 Å². The standard InChI is InChI=1S/C14H16FN5O2/c15-9-2-1-3-11(8-9)18-14-20-19-13(22-14)12(21)17-10-4-6-16-7-5-10/h1-3,8,10,16H,4-7H2,(H,17,21)(H,18,20). The largest absolute Gasteiger partial charge is 0.399 e. The fourth-order valence-corrected chi connectivity index (χ4v) is 2.27. The van der Waals surface area contributed by atoms with E-state index < -0.39 is 5.91 Å². The summed E-state index contributed by atoms with van der Waals surface area (Å²) in [6, 6.07) is 5.98. The Labute approximate surface area is 126 Å². The molecule has 0 spiro atoms. The van der Waals surface area contributed by atoms with Crippen LogP contribution in [-0.2, 0) is 0 Å². The third-order valence-corrected chi connectivity index (χ3v) is 3.37. The van der Waals surface area contributed by atoms with Gasteiger partial charge in [0.2, 0.25) is 0 Å². The van der Waals surface area contributed by atoms with Crippen molar-refractivity contribution in [3.63, 3.8) is 0 Å². The van der Waals surface area contributed by atoms with Crippen molar-refractivity contribution in [1.82, 2.24) is 20.8 Å². The van der Waals surface area contributed by atoms with Gasteiger partial charge in [0.25, 0.3) is 0 Å². The van der Waals surface area contributed by atoms with Gasteiger partial charge in [0.05, 0.1) is 0 Å². The van der Waals surface area contributed by atoms with Gasteiger partial charge in [-0.25, -0.2) is 4.39 Å². The summed E-state index contributed by atoms with van der Waals surface area (Å²) in [5.41, 5.74) is 0.467. The van der Waals surface area contributed by atoms with Gasteiger partial charge >= 0.3 is 17.8 Å². The first-order valence-electron chi connectivity index (χ1n) is 7.08. The molecule has 22 heavy (non-hydrogen) atoms. The van der Waals surface area contributed by atoms with Gasteiger partial charge in [0.15, 0.2) is 0 Å². The van der Waals surface area contributed by atoms with Gasteiger partial charge in [-0.1, -0.05) is 11.2 Å². The minimum Gasteiger partial charge on any atom is -0.399 e. The highest BCUT2D eigenvalue weighted by Crippen LogP contribution is 2.16. The highest BCUT2D eigenvalue weighted by atomic mass is 19.1. The first-order valence-corrected chi connectivity index (χ1v) is 7.08. The summed E-state index contributed by atoms with van der Waals surface area (Å²) in [6.45, 7) is 1.75. The molecule has 7 nitrogen and oxygen atoms in total. The van der Waals surface area contributed by atoms with Crippen LogP contribution in [0.3, 0.4) is 0 Å². The fourth-order valence-electron chi connectivity index (χ4n) is 2.27. The maximum absolute atomic E-state index is 13.1. The molecule has 8 heteroatoms. The third kappa shape index (κ3) is 3.59. The minimum atomic E-state index is -0.397. The van der Waals surface area contributed by atoms with E-state index in [1.54, 1.807) is 12.1 Å². The summed E-state index contributed by atoms with van der Waals surface area (Å²) < 4.78 is 18.3. The predicted octanol–water partition coefficient (Wildman–Crippen LogP) is 1.43. The van der Waals surface area contributed by atoms with Crippen molar-refractivity contribution in [2.75, 3.05) is 18.4 Å². The van der Waals surface area contributed by atoms with E-state index in [9.17, 15) is 9.18 Å². The molecule has 1 fully saturated rings. The van der Waals surface area contributed by atoms with Crippen molar-refractivity contribution in [2.24, 2.45) is 0 Å². The SMILES string of the molecule is O=C(NC1CCNCC1)c1nnc(Nc2cccc(F)c2)o1. The van der Waals surface area contributed by atoms with Crippen LogP contribution in [0.4, 0.5) is 16.1 Å². The Morgan fingerprint density at radius 3 is 2.91 bits per heavy atom. The molecule has 0 atom stereocenters. The lowest BCUT2D eigenvalue weighted by molar-refractivity contribution is 0.0895. The molecule has 1 aliphatic heterocycles. The minimum absolute atomic E-state index is 0.0426. The van der Waals surface area contributed by atoms with Gasteiger partial charge in [-0.15, -0.1) is 5.10 Å². The molecule has 1 aliphatic rings. The molecule has 3 rings (SSSR count). The van der Waals surface area contributed by atoms with Gasteiger partial charge < -0.3 is 20.4 Å². The topological polar surface area (TPSA) is 92.1 Å². The smallest absolute Gasteiger partial charge is 0.320 e. The molecule has 0 unspecified atom stereocenters. The van der Waals surface area contributed by atoms with Gasteiger partial charge in [-0.05, 0) is 44.1 Å². The molecule has 116 valence electrons. The number of carbonyl (C=O) groups excluding carboxylic acids is 1.